The monoisotopic (exact) mass is 390 g/mol. The number of nitrogens with zero attached hydrogens (tertiary/aromatic N) is 4. The Hall–Kier alpha value is -3.25. The molecule has 0 aliphatic carbocycles. The van der Waals surface area contributed by atoms with Crippen LogP contribution in [0.2, 0.25) is 0 Å². The van der Waals surface area contributed by atoms with Crippen LogP contribution in [0.5, 0.6) is 0 Å². The van der Waals surface area contributed by atoms with Crippen LogP contribution in [0.1, 0.15) is 0 Å². The lowest BCUT2D eigenvalue weighted by molar-refractivity contribution is 0.656. The molecule has 0 spiro atoms. The molecule has 0 bridgehead atoms. The van der Waals surface area contributed by atoms with Crippen molar-refractivity contribution in [3.63, 3.8) is 0 Å². The molecule has 0 saturated heterocycles. The van der Waals surface area contributed by atoms with E-state index >= 15 is 0 Å². The van der Waals surface area contributed by atoms with Gasteiger partial charge in [0.1, 0.15) is 5.69 Å². The summed E-state index contributed by atoms with van der Waals surface area (Å²) in [6.07, 6.45) is 5.34. The second kappa shape index (κ2) is 9.10. The maximum Gasteiger partial charge on any atom is 0.267 e. The Morgan fingerprint density at radius 2 is 1.71 bits per heavy atom. The summed E-state index contributed by atoms with van der Waals surface area (Å²) in [5, 5.41) is 5.39. The van der Waals surface area contributed by atoms with Crippen molar-refractivity contribution in [2.75, 3.05) is 18.0 Å². The summed E-state index contributed by atoms with van der Waals surface area (Å²) in [6, 6.07) is 13.3. The van der Waals surface area contributed by atoms with E-state index in [1.807, 2.05) is 42.5 Å². The van der Waals surface area contributed by atoms with Crippen molar-refractivity contribution in [3.05, 3.63) is 90.8 Å². The molecule has 2 aromatic heterocycles. The van der Waals surface area contributed by atoms with Gasteiger partial charge in [-0.2, -0.15) is 5.10 Å². The summed E-state index contributed by atoms with van der Waals surface area (Å²) < 4.78 is 1.40. The lowest BCUT2D eigenvalue weighted by atomic mass is 10.1. The largest absolute Gasteiger partial charge is 0.341 e. The van der Waals surface area contributed by atoms with Gasteiger partial charge in [-0.05, 0) is 6.07 Å². The Morgan fingerprint density at radius 1 is 1.00 bits per heavy atom. The van der Waals surface area contributed by atoms with Crippen LogP contribution in [0.3, 0.4) is 0 Å². The molecule has 0 unspecified atom stereocenters. The highest BCUT2D eigenvalue weighted by Crippen LogP contribution is 2.39. The Balaban J connectivity index is 2.17. The molecule has 6 heteroatoms. The van der Waals surface area contributed by atoms with Crippen molar-refractivity contribution in [1.29, 1.82) is 0 Å². The Morgan fingerprint density at radius 3 is 2.36 bits per heavy atom. The van der Waals surface area contributed by atoms with Gasteiger partial charge in [-0.15, -0.1) is 19.7 Å². The van der Waals surface area contributed by atoms with E-state index in [1.54, 1.807) is 23.5 Å². The molecule has 142 valence electrons. The van der Waals surface area contributed by atoms with Crippen molar-refractivity contribution < 1.29 is 0 Å². The zero-order chi connectivity index (χ0) is 19.9. The molecule has 0 fully saturated rings. The van der Waals surface area contributed by atoms with Crippen molar-refractivity contribution in [3.8, 4) is 21.8 Å². The molecular weight excluding hydrogens is 368 g/mol. The number of rotatable bonds is 9. The van der Waals surface area contributed by atoms with Crippen LogP contribution < -0.4 is 10.5 Å². The van der Waals surface area contributed by atoms with Crippen molar-refractivity contribution in [1.82, 2.24) is 14.8 Å². The highest BCUT2D eigenvalue weighted by molar-refractivity contribution is 7.19. The van der Waals surface area contributed by atoms with Gasteiger partial charge in [-0.25, -0.2) is 9.67 Å². The lowest BCUT2D eigenvalue weighted by Crippen LogP contribution is -2.22. The first-order chi connectivity index (χ1) is 13.7. The Kier molecular flexibility index (Phi) is 6.34. The van der Waals surface area contributed by atoms with Crippen LogP contribution in [0.15, 0.2) is 85.2 Å². The number of aromatic nitrogens is 3. The van der Waals surface area contributed by atoms with E-state index in [1.165, 1.54) is 10.7 Å². The summed E-state index contributed by atoms with van der Waals surface area (Å²) >= 11 is 1.54. The minimum absolute atomic E-state index is 0.158. The van der Waals surface area contributed by atoms with Gasteiger partial charge in [0.05, 0.1) is 17.1 Å². The average molecular weight is 391 g/mol. The molecule has 3 rings (SSSR count). The summed E-state index contributed by atoms with van der Waals surface area (Å²) in [6.45, 7) is 13.1. The molecule has 1 aromatic carbocycles. The standard InChI is InChI=1S/C22H22N4OS/c1-4-14-25(15-5-2)22-23-20(17-10-8-7-9-11-17)21(28-22)18-12-13-19(27)26(24-18)16-6-3/h4-13H,1-3,14-16H2. The van der Waals surface area contributed by atoms with Crippen molar-refractivity contribution in [2.45, 2.75) is 6.54 Å². The molecule has 0 aliphatic heterocycles. The maximum atomic E-state index is 12.0. The first kappa shape index (κ1) is 19.5. The number of allylic oxidation sites excluding steroid dienone is 1. The van der Waals surface area contributed by atoms with Gasteiger partial charge >= 0.3 is 0 Å². The van der Waals surface area contributed by atoms with E-state index in [9.17, 15) is 4.79 Å². The molecule has 0 aliphatic rings. The highest BCUT2D eigenvalue weighted by Gasteiger charge is 2.19. The number of anilines is 1. The molecule has 0 N–H and O–H groups in total. The van der Waals surface area contributed by atoms with Crippen LogP contribution in [0, 0.1) is 0 Å². The van der Waals surface area contributed by atoms with E-state index in [2.05, 4.69) is 29.7 Å². The van der Waals surface area contributed by atoms with Gasteiger partial charge in [0.15, 0.2) is 5.13 Å². The average Bonchev–Trinajstić information content (AvgIpc) is 3.16. The summed E-state index contributed by atoms with van der Waals surface area (Å²) in [4.78, 5) is 19.9. The second-order valence-corrected chi connectivity index (χ2v) is 7.03. The summed E-state index contributed by atoms with van der Waals surface area (Å²) in [5.41, 5.74) is 2.39. The summed E-state index contributed by atoms with van der Waals surface area (Å²) in [5.74, 6) is 0. The van der Waals surface area contributed by atoms with E-state index in [0.717, 1.165) is 21.3 Å². The minimum atomic E-state index is -0.158. The van der Waals surface area contributed by atoms with Crippen LogP contribution in [-0.4, -0.2) is 27.9 Å². The molecule has 0 radical (unpaired) electrons. The van der Waals surface area contributed by atoms with Crippen LogP contribution in [0.25, 0.3) is 21.8 Å². The van der Waals surface area contributed by atoms with Gasteiger partial charge in [0.25, 0.3) is 5.56 Å². The third-order valence-electron chi connectivity index (χ3n) is 4.03. The topological polar surface area (TPSA) is 51.0 Å². The maximum absolute atomic E-state index is 12.0. The number of hydrogen-bond acceptors (Lipinski definition) is 5. The first-order valence-electron chi connectivity index (χ1n) is 8.90. The predicted molar refractivity (Wildman–Crippen MR) is 118 cm³/mol. The third-order valence-corrected chi connectivity index (χ3v) is 5.17. The van der Waals surface area contributed by atoms with Crippen LogP contribution in [0.4, 0.5) is 5.13 Å². The minimum Gasteiger partial charge on any atom is -0.341 e. The van der Waals surface area contributed by atoms with Gasteiger partial charge in [0.2, 0.25) is 0 Å². The smallest absolute Gasteiger partial charge is 0.267 e. The molecule has 3 aromatic rings. The fraction of sp³-hybridized carbons (Fsp3) is 0.136. The first-order valence-corrected chi connectivity index (χ1v) is 9.72. The fourth-order valence-electron chi connectivity index (χ4n) is 2.77. The molecule has 0 atom stereocenters. The molecule has 0 amide bonds. The zero-order valence-electron chi connectivity index (χ0n) is 15.6. The van der Waals surface area contributed by atoms with E-state index in [4.69, 9.17) is 4.98 Å². The molecule has 2 heterocycles. The quantitative estimate of drug-likeness (QED) is 0.508. The molecule has 5 nitrogen and oxygen atoms in total. The summed E-state index contributed by atoms with van der Waals surface area (Å²) in [7, 11) is 0. The zero-order valence-corrected chi connectivity index (χ0v) is 16.4. The number of hydrogen-bond donors (Lipinski definition) is 0. The second-order valence-electron chi connectivity index (χ2n) is 6.05. The van der Waals surface area contributed by atoms with E-state index in [0.29, 0.717) is 25.3 Å². The van der Waals surface area contributed by atoms with Gasteiger partial charge < -0.3 is 4.90 Å². The molecule has 0 saturated carbocycles. The normalized spacial score (nSPS) is 10.4. The molecule has 28 heavy (non-hydrogen) atoms. The Bertz CT molecular complexity index is 1030. The van der Waals surface area contributed by atoms with Gasteiger partial charge in [-0.1, -0.05) is 59.9 Å². The van der Waals surface area contributed by atoms with Crippen molar-refractivity contribution >= 4 is 16.5 Å². The SMILES string of the molecule is C=CCN(CC=C)c1nc(-c2ccccc2)c(-c2ccc(=O)n(CC=C)n2)s1. The van der Waals surface area contributed by atoms with Gasteiger partial charge in [0, 0.05) is 24.7 Å². The molecular formula is C22H22N4OS. The number of thiazole rings is 1. The number of benzene rings is 1. The third kappa shape index (κ3) is 4.18. The predicted octanol–water partition coefficient (Wildman–Crippen LogP) is 4.40. The van der Waals surface area contributed by atoms with Crippen molar-refractivity contribution in [2.24, 2.45) is 0 Å². The van der Waals surface area contributed by atoms with E-state index in [-0.39, 0.29) is 5.56 Å². The Labute approximate surface area is 168 Å². The van der Waals surface area contributed by atoms with E-state index < -0.39 is 0 Å². The van der Waals surface area contributed by atoms with Gasteiger partial charge in [-0.3, -0.25) is 4.79 Å². The van der Waals surface area contributed by atoms with Crippen LogP contribution in [-0.2, 0) is 6.54 Å². The lowest BCUT2D eigenvalue weighted by Gasteiger charge is -2.17. The highest BCUT2D eigenvalue weighted by atomic mass is 32.1. The van der Waals surface area contributed by atoms with Crippen LogP contribution >= 0.6 is 11.3 Å². The fourth-order valence-corrected chi connectivity index (χ4v) is 3.85.